The topological polar surface area (TPSA) is 108 Å². The molecule has 0 aliphatic carbocycles. The normalized spacial score (nSPS) is 13.4. The maximum Gasteiger partial charge on any atom is 0.333 e. The van der Waals surface area contributed by atoms with Gasteiger partial charge in [0, 0.05) is 19.1 Å². The van der Waals surface area contributed by atoms with Gasteiger partial charge in [-0.1, -0.05) is 12.1 Å². The second kappa shape index (κ2) is 6.88. The first-order chi connectivity index (χ1) is 11.2. The number of nitrogens with zero attached hydrogens (tertiary/aromatic N) is 3. The molecule has 0 saturated carbocycles. The van der Waals surface area contributed by atoms with Gasteiger partial charge >= 0.3 is 5.69 Å². The summed E-state index contributed by atoms with van der Waals surface area (Å²) in [6.45, 7) is 3.89. The van der Waals surface area contributed by atoms with Crippen molar-refractivity contribution in [1.82, 2.24) is 9.78 Å². The largest absolute Gasteiger partial charge is 0.497 e. The molecule has 24 heavy (non-hydrogen) atoms. The Morgan fingerprint density at radius 1 is 1.42 bits per heavy atom. The summed E-state index contributed by atoms with van der Waals surface area (Å²) in [7, 11) is 3.29. The molecule has 1 aromatic carbocycles. The lowest BCUT2D eigenvalue weighted by molar-refractivity contribution is -0.384. The van der Waals surface area contributed by atoms with Crippen LogP contribution < -0.4 is 15.8 Å². The second-order valence-corrected chi connectivity index (χ2v) is 6.20. The van der Waals surface area contributed by atoms with E-state index in [2.05, 4.69) is 10.4 Å². The standard InChI is InChI=1S/C16H23N5O3/c1-11-14(21(22)23)15(20(3)19-11)18-10-16(2,17)9-12-5-7-13(24-4)8-6-12/h5-8,18H,9-10,17H2,1-4H3/t16-/m1/s1. The summed E-state index contributed by atoms with van der Waals surface area (Å²) < 4.78 is 6.61. The van der Waals surface area contributed by atoms with Gasteiger partial charge in [0.15, 0.2) is 0 Å². The van der Waals surface area contributed by atoms with Gasteiger partial charge in [0.05, 0.1) is 12.0 Å². The van der Waals surface area contributed by atoms with Crippen LogP contribution >= 0.6 is 0 Å². The predicted octanol–water partition coefficient (Wildman–Crippen LogP) is 2.02. The number of nitrogens with two attached hydrogens (primary N) is 1. The Bertz CT molecular complexity index is 722. The Labute approximate surface area is 140 Å². The van der Waals surface area contributed by atoms with Crippen LogP contribution in [0.5, 0.6) is 5.75 Å². The zero-order valence-corrected chi connectivity index (χ0v) is 14.4. The maximum atomic E-state index is 11.2. The highest BCUT2D eigenvalue weighted by molar-refractivity contribution is 5.59. The lowest BCUT2D eigenvalue weighted by atomic mass is 9.94. The zero-order chi connectivity index (χ0) is 17.9. The number of hydrogen-bond acceptors (Lipinski definition) is 6. The molecule has 0 unspecified atom stereocenters. The van der Waals surface area contributed by atoms with Crippen molar-refractivity contribution in [3.05, 3.63) is 45.6 Å². The first kappa shape index (κ1) is 17.7. The summed E-state index contributed by atoms with van der Waals surface area (Å²) in [6.07, 6.45) is 0.620. The number of benzene rings is 1. The quantitative estimate of drug-likeness (QED) is 0.593. The fourth-order valence-corrected chi connectivity index (χ4v) is 2.62. The molecule has 1 atom stereocenters. The van der Waals surface area contributed by atoms with E-state index >= 15 is 0 Å². The average Bonchev–Trinajstić information content (AvgIpc) is 2.79. The first-order valence-corrected chi connectivity index (χ1v) is 7.57. The molecule has 1 heterocycles. The minimum Gasteiger partial charge on any atom is -0.497 e. The maximum absolute atomic E-state index is 11.2. The van der Waals surface area contributed by atoms with Gasteiger partial charge in [0.25, 0.3) is 0 Å². The fraction of sp³-hybridized carbons (Fsp3) is 0.438. The molecular weight excluding hydrogens is 310 g/mol. The molecule has 8 heteroatoms. The SMILES string of the molecule is COc1ccc(C[C@@](C)(N)CNc2c([N+](=O)[O-])c(C)nn2C)cc1. The van der Waals surface area contributed by atoms with Crippen LogP contribution in [-0.4, -0.2) is 33.9 Å². The van der Waals surface area contributed by atoms with Crippen molar-refractivity contribution in [2.24, 2.45) is 12.8 Å². The van der Waals surface area contributed by atoms with Crippen LogP contribution in [0.3, 0.4) is 0 Å². The monoisotopic (exact) mass is 333 g/mol. The van der Waals surface area contributed by atoms with E-state index in [1.54, 1.807) is 21.1 Å². The molecule has 0 amide bonds. The molecular formula is C16H23N5O3. The highest BCUT2D eigenvalue weighted by Crippen LogP contribution is 2.27. The van der Waals surface area contributed by atoms with Crippen molar-refractivity contribution >= 4 is 11.5 Å². The number of nitrogens with one attached hydrogen (secondary N) is 1. The van der Waals surface area contributed by atoms with E-state index in [9.17, 15) is 10.1 Å². The molecule has 1 aromatic heterocycles. The molecule has 0 saturated heterocycles. The summed E-state index contributed by atoms with van der Waals surface area (Å²) in [5, 5.41) is 18.4. The first-order valence-electron chi connectivity index (χ1n) is 7.57. The van der Waals surface area contributed by atoms with E-state index in [1.807, 2.05) is 31.2 Å². The van der Waals surface area contributed by atoms with Gasteiger partial charge in [-0.2, -0.15) is 5.10 Å². The average molecular weight is 333 g/mol. The summed E-state index contributed by atoms with van der Waals surface area (Å²) in [6, 6.07) is 7.68. The molecule has 0 spiro atoms. The van der Waals surface area contributed by atoms with Gasteiger partial charge in [-0.05, 0) is 38.0 Å². The Kier molecular flexibility index (Phi) is 5.08. The Balaban J connectivity index is 2.08. The molecule has 2 aromatic rings. The molecule has 0 aliphatic heterocycles. The number of aryl methyl sites for hydroxylation is 2. The van der Waals surface area contributed by atoms with E-state index in [1.165, 1.54) is 4.68 Å². The molecule has 0 fully saturated rings. The Morgan fingerprint density at radius 3 is 2.58 bits per heavy atom. The van der Waals surface area contributed by atoms with Crippen LogP contribution in [0.4, 0.5) is 11.5 Å². The van der Waals surface area contributed by atoms with Gasteiger partial charge in [0.2, 0.25) is 5.82 Å². The highest BCUT2D eigenvalue weighted by atomic mass is 16.6. The van der Waals surface area contributed by atoms with Crippen molar-refractivity contribution in [1.29, 1.82) is 0 Å². The number of aromatic nitrogens is 2. The van der Waals surface area contributed by atoms with E-state index in [-0.39, 0.29) is 5.69 Å². The zero-order valence-electron chi connectivity index (χ0n) is 14.4. The van der Waals surface area contributed by atoms with Gasteiger partial charge in [-0.25, -0.2) is 4.68 Å². The Hall–Kier alpha value is -2.61. The van der Waals surface area contributed by atoms with Crippen LogP contribution in [0, 0.1) is 17.0 Å². The lowest BCUT2D eigenvalue weighted by Gasteiger charge is -2.25. The number of nitro groups is 1. The van der Waals surface area contributed by atoms with Crippen LogP contribution in [0.15, 0.2) is 24.3 Å². The molecule has 2 rings (SSSR count). The van der Waals surface area contributed by atoms with Crippen LogP contribution in [0.2, 0.25) is 0 Å². The van der Waals surface area contributed by atoms with Gasteiger partial charge < -0.3 is 15.8 Å². The van der Waals surface area contributed by atoms with E-state index in [0.717, 1.165) is 11.3 Å². The summed E-state index contributed by atoms with van der Waals surface area (Å²) in [4.78, 5) is 10.8. The van der Waals surface area contributed by atoms with E-state index < -0.39 is 10.5 Å². The minimum atomic E-state index is -0.583. The van der Waals surface area contributed by atoms with Gasteiger partial charge in [0.1, 0.15) is 11.4 Å². The van der Waals surface area contributed by atoms with Crippen molar-refractivity contribution in [3.8, 4) is 5.75 Å². The van der Waals surface area contributed by atoms with E-state index in [4.69, 9.17) is 10.5 Å². The second-order valence-electron chi connectivity index (χ2n) is 6.20. The molecule has 130 valence electrons. The third-order valence-electron chi connectivity index (χ3n) is 3.80. The number of ether oxygens (including phenoxy) is 1. The number of rotatable bonds is 7. The number of anilines is 1. The minimum absolute atomic E-state index is 0.0160. The molecule has 3 N–H and O–H groups in total. The van der Waals surface area contributed by atoms with Crippen molar-refractivity contribution in [2.45, 2.75) is 25.8 Å². The smallest absolute Gasteiger partial charge is 0.333 e. The Morgan fingerprint density at radius 2 is 2.04 bits per heavy atom. The van der Waals surface area contributed by atoms with Crippen molar-refractivity contribution in [2.75, 3.05) is 19.0 Å². The fourth-order valence-electron chi connectivity index (χ4n) is 2.62. The van der Waals surface area contributed by atoms with Crippen LogP contribution in [-0.2, 0) is 13.5 Å². The highest BCUT2D eigenvalue weighted by Gasteiger charge is 2.26. The van der Waals surface area contributed by atoms with E-state index in [0.29, 0.717) is 24.5 Å². The summed E-state index contributed by atoms with van der Waals surface area (Å²) in [5.74, 6) is 1.15. The van der Waals surface area contributed by atoms with Crippen LogP contribution in [0.25, 0.3) is 0 Å². The molecule has 0 aliphatic rings. The summed E-state index contributed by atoms with van der Waals surface area (Å²) in [5.41, 5.74) is 7.20. The molecule has 0 bridgehead atoms. The third kappa shape index (κ3) is 4.02. The lowest BCUT2D eigenvalue weighted by Crippen LogP contribution is -2.45. The molecule has 0 radical (unpaired) electrons. The van der Waals surface area contributed by atoms with Crippen molar-refractivity contribution < 1.29 is 9.66 Å². The van der Waals surface area contributed by atoms with Gasteiger partial charge in [-0.3, -0.25) is 10.1 Å². The van der Waals surface area contributed by atoms with Crippen LogP contribution in [0.1, 0.15) is 18.2 Å². The van der Waals surface area contributed by atoms with Crippen molar-refractivity contribution in [3.63, 3.8) is 0 Å². The summed E-state index contributed by atoms with van der Waals surface area (Å²) >= 11 is 0. The third-order valence-corrected chi connectivity index (χ3v) is 3.80. The number of hydrogen-bond donors (Lipinski definition) is 2. The van der Waals surface area contributed by atoms with Gasteiger partial charge in [-0.15, -0.1) is 0 Å². The molecule has 8 nitrogen and oxygen atoms in total. The predicted molar refractivity (Wildman–Crippen MR) is 92.4 cm³/mol. The number of methoxy groups -OCH3 is 1.